The second-order valence-corrected chi connectivity index (χ2v) is 9.75. The molecule has 1 saturated heterocycles. The number of rotatable bonds is 4. The predicted molar refractivity (Wildman–Crippen MR) is 123 cm³/mol. The van der Waals surface area contributed by atoms with Gasteiger partial charge in [0.05, 0.1) is 18.1 Å². The Labute approximate surface area is 188 Å². The van der Waals surface area contributed by atoms with E-state index in [1.165, 1.54) is 50.3 Å². The van der Waals surface area contributed by atoms with Gasteiger partial charge in [0.15, 0.2) is 16.7 Å². The Hall–Kier alpha value is -2.15. The number of aliphatic imine (C=N–C) groups is 1. The lowest BCUT2D eigenvalue weighted by atomic mass is 9.94. The number of carbonyl (C=O) groups is 1. The van der Waals surface area contributed by atoms with Gasteiger partial charge in [-0.05, 0) is 61.2 Å². The molecule has 0 unspecified atom stereocenters. The van der Waals surface area contributed by atoms with Gasteiger partial charge in [-0.15, -0.1) is 0 Å². The van der Waals surface area contributed by atoms with Crippen LogP contribution < -0.4 is 14.2 Å². The highest BCUT2D eigenvalue weighted by Gasteiger charge is 2.39. The van der Waals surface area contributed by atoms with E-state index in [4.69, 9.17) is 19.2 Å². The van der Waals surface area contributed by atoms with Crippen molar-refractivity contribution in [1.29, 1.82) is 0 Å². The fourth-order valence-electron chi connectivity index (χ4n) is 4.99. The van der Waals surface area contributed by atoms with E-state index in [1.807, 2.05) is 23.1 Å². The van der Waals surface area contributed by atoms with Gasteiger partial charge in [-0.3, -0.25) is 14.7 Å². The molecule has 3 fully saturated rings. The molecule has 1 aromatic carbocycles. The van der Waals surface area contributed by atoms with Gasteiger partial charge in [0, 0.05) is 6.04 Å². The van der Waals surface area contributed by atoms with Crippen LogP contribution in [0.4, 0.5) is 0 Å². The number of hydrogen-bond donors (Lipinski definition) is 0. The third kappa shape index (κ3) is 4.29. The van der Waals surface area contributed by atoms with E-state index in [0.29, 0.717) is 23.3 Å². The number of hydrogen-bond acceptors (Lipinski definition) is 6. The van der Waals surface area contributed by atoms with Crippen LogP contribution in [0.2, 0.25) is 0 Å². The summed E-state index contributed by atoms with van der Waals surface area (Å²) in [5, 5.41) is 0.905. The number of amides is 1. The minimum Gasteiger partial charge on any atom is -0.493 e. The van der Waals surface area contributed by atoms with Crippen LogP contribution in [0.15, 0.2) is 22.0 Å². The number of ether oxygens (including phenoxy) is 3. The summed E-state index contributed by atoms with van der Waals surface area (Å²) in [4.78, 5) is 21.3. The Bertz CT molecular complexity index is 901. The molecule has 5 rings (SSSR count). The van der Waals surface area contributed by atoms with Crippen molar-refractivity contribution in [2.24, 2.45) is 4.99 Å². The molecule has 7 heteroatoms. The van der Waals surface area contributed by atoms with E-state index in [-0.39, 0.29) is 18.7 Å². The van der Waals surface area contributed by atoms with Crippen LogP contribution in [0, 0.1) is 0 Å². The summed E-state index contributed by atoms with van der Waals surface area (Å²) >= 11 is 1.53. The Kier molecular flexibility index (Phi) is 6.12. The van der Waals surface area contributed by atoms with Gasteiger partial charge < -0.3 is 14.2 Å². The van der Waals surface area contributed by atoms with Crippen LogP contribution >= 0.6 is 11.8 Å². The summed E-state index contributed by atoms with van der Waals surface area (Å²) in [5.41, 5.74) is 0.875. The molecule has 0 bridgehead atoms. The number of thioether (sulfide) groups is 1. The zero-order valence-electron chi connectivity index (χ0n) is 18.1. The van der Waals surface area contributed by atoms with Crippen LogP contribution in [-0.2, 0) is 4.79 Å². The quantitative estimate of drug-likeness (QED) is 0.588. The zero-order chi connectivity index (χ0) is 21.2. The Balaban J connectivity index is 1.46. The second kappa shape index (κ2) is 9.15. The molecule has 31 heavy (non-hydrogen) atoms. The van der Waals surface area contributed by atoms with Crippen molar-refractivity contribution in [1.82, 2.24) is 4.90 Å². The fraction of sp³-hybridized carbons (Fsp3) is 0.583. The minimum absolute atomic E-state index is 0.0862. The highest BCUT2D eigenvalue weighted by atomic mass is 32.2. The lowest BCUT2D eigenvalue weighted by molar-refractivity contribution is -0.124. The maximum absolute atomic E-state index is 13.5. The molecule has 1 amide bonds. The Morgan fingerprint density at radius 3 is 2.55 bits per heavy atom. The largest absolute Gasteiger partial charge is 0.493 e. The highest BCUT2D eigenvalue weighted by Crippen LogP contribution is 2.44. The highest BCUT2D eigenvalue weighted by molar-refractivity contribution is 8.18. The van der Waals surface area contributed by atoms with Crippen molar-refractivity contribution in [3.63, 3.8) is 0 Å². The minimum atomic E-state index is 0.0862. The van der Waals surface area contributed by atoms with E-state index in [2.05, 4.69) is 0 Å². The molecule has 0 N–H and O–H groups in total. The first-order valence-electron chi connectivity index (χ1n) is 11.5. The molecule has 0 atom stereocenters. The second-order valence-electron chi connectivity index (χ2n) is 8.74. The van der Waals surface area contributed by atoms with Crippen molar-refractivity contribution in [2.45, 2.75) is 76.3 Å². The van der Waals surface area contributed by atoms with Gasteiger partial charge >= 0.3 is 0 Å². The lowest BCUT2D eigenvalue weighted by Crippen LogP contribution is -2.41. The SMILES string of the molecule is COc1cc(C=C2SC(=NC3CCCCC3)N(C3CCCCC3)C2=O)cc2c1OCO2. The number of fused-ring (bicyclic) bond motifs is 1. The number of nitrogens with zero attached hydrogens (tertiary/aromatic N) is 2. The molecular weight excluding hydrogens is 412 g/mol. The molecule has 6 nitrogen and oxygen atoms in total. The fourth-order valence-corrected chi connectivity index (χ4v) is 6.10. The normalized spacial score (nSPS) is 25.1. The first-order chi connectivity index (χ1) is 15.2. The maximum atomic E-state index is 13.5. The molecule has 2 aliphatic carbocycles. The van der Waals surface area contributed by atoms with Crippen molar-refractivity contribution in [2.75, 3.05) is 13.9 Å². The van der Waals surface area contributed by atoms with Gasteiger partial charge in [0.2, 0.25) is 12.5 Å². The number of methoxy groups -OCH3 is 1. The molecule has 0 spiro atoms. The van der Waals surface area contributed by atoms with Crippen LogP contribution in [0.25, 0.3) is 6.08 Å². The Morgan fingerprint density at radius 2 is 1.81 bits per heavy atom. The van der Waals surface area contributed by atoms with E-state index < -0.39 is 0 Å². The topological polar surface area (TPSA) is 60.4 Å². The summed E-state index contributed by atoms with van der Waals surface area (Å²) in [5.74, 6) is 1.99. The average molecular weight is 443 g/mol. The summed E-state index contributed by atoms with van der Waals surface area (Å²) in [6.45, 7) is 0.188. The number of amidine groups is 1. The molecule has 4 aliphatic rings. The summed E-state index contributed by atoms with van der Waals surface area (Å²) in [6.07, 6.45) is 13.8. The van der Waals surface area contributed by atoms with Gasteiger partial charge in [-0.25, -0.2) is 0 Å². The molecule has 1 aromatic rings. The van der Waals surface area contributed by atoms with Gasteiger partial charge in [0.1, 0.15) is 0 Å². The van der Waals surface area contributed by atoms with Crippen LogP contribution in [-0.4, -0.2) is 42.0 Å². The third-order valence-electron chi connectivity index (χ3n) is 6.62. The monoisotopic (exact) mass is 442 g/mol. The smallest absolute Gasteiger partial charge is 0.266 e. The Morgan fingerprint density at radius 1 is 1.06 bits per heavy atom. The molecule has 2 aliphatic heterocycles. The van der Waals surface area contributed by atoms with Gasteiger partial charge in [-0.2, -0.15) is 0 Å². The standard InChI is InChI=1S/C24H30N2O4S/c1-28-19-12-16(13-20-22(19)30-15-29-20)14-21-23(27)26(18-10-6-3-7-11-18)24(31-21)25-17-8-4-2-5-9-17/h12-14,17-18H,2-11,15H2,1H3. The van der Waals surface area contributed by atoms with Crippen molar-refractivity contribution in [3.8, 4) is 17.2 Å². The maximum Gasteiger partial charge on any atom is 0.266 e. The zero-order valence-corrected chi connectivity index (χ0v) is 18.9. The van der Waals surface area contributed by atoms with Gasteiger partial charge in [-0.1, -0.05) is 38.5 Å². The van der Waals surface area contributed by atoms with Crippen LogP contribution in [0.1, 0.15) is 69.8 Å². The molecule has 0 aromatic heterocycles. The molecule has 2 heterocycles. The van der Waals surface area contributed by atoms with E-state index in [9.17, 15) is 4.79 Å². The third-order valence-corrected chi connectivity index (χ3v) is 7.62. The number of benzene rings is 1. The van der Waals surface area contributed by atoms with Crippen molar-refractivity contribution >= 4 is 28.9 Å². The lowest BCUT2D eigenvalue weighted by Gasteiger charge is -2.31. The molecular formula is C24H30N2O4S. The summed E-state index contributed by atoms with van der Waals surface area (Å²) in [7, 11) is 1.61. The van der Waals surface area contributed by atoms with E-state index in [0.717, 1.165) is 41.3 Å². The first kappa shape index (κ1) is 20.7. The van der Waals surface area contributed by atoms with E-state index in [1.54, 1.807) is 7.11 Å². The average Bonchev–Trinajstić information content (AvgIpc) is 3.39. The first-order valence-corrected chi connectivity index (χ1v) is 12.3. The van der Waals surface area contributed by atoms with Crippen LogP contribution in [0.3, 0.4) is 0 Å². The predicted octanol–water partition coefficient (Wildman–Crippen LogP) is 5.36. The van der Waals surface area contributed by atoms with E-state index >= 15 is 0 Å². The van der Waals surface area contributed by atoms with Gasteiger partial charge in [0.25, 0.3) is 5.91 Å². The molecule has 0 radical (unpaired) electrons. The number of carbonyl (C=O) groups excluding carboxylic acids is 1. The van der Waals surface area contributed by atoms with Crippen molar-refractivity contribution in [3.05, 3.63) is 22.6 Å². The summed E-state index contributed by atoms with van der Waals surface area (Å²) in [6, 6.07) is 4.43. The van der Waals surface area contributed by atoms with Crippen LogP contribution in [0.5, 0.6) is 17.2 Å². The van der Waals surface area contributed by atoms with Crippen molar-refractivity contribution < 1.29 is 19.0 Å². The molecule has 166 valence electrons. The molecule has 2 saturated carbocycles. The summed E-state index contributed by atoms with van der Waals surface area (Å²) < 4.78 is 16.5.